The van der Waals surface area contributed by atoms with Crippen LogP contribution >= 0.6 is 0 Å². The fraction of sp³-hybridized carbons (Fsp3) is 0.933. The average molecular weight is 250 g/mol. The van der Waals surface area contributed by atoms with Gasteiger partial charge in [0.2, 0.25) is 0 Å². The van der Waals surface area contributed by atoms with Crippen LogP contribution in [0.4, 0.5) is 0 Å². The minimum atomic E-state index is -0.0485. The average Bonchev–Trinajstić information content (AvgIpc) is 2.89. The normalized spacial score (nSPS) is 61.5. The molecule has 0 aromatic heterocycles. The van der Waals surface area contributed by atoms with Crippen molar-refractivity contribution in [2.75, 3.05) is 0 Å². The van der Waals surface area contributed by atoms with Crippen molar-refractivity contribution < 1.29 is 14.3 Å². The quantitative estimate of drug-likeness (QED) is 0.620. The van der Waals surface area contributed by atoms with Gasteiger partial charge in [-0.1, -0.05) is 13.8 Å². The van der Waals surface area contributed by atoms with Gasteiger partial charge in [0.15, 0.2) is 0 Å². The lowest BCUT2D eigenvalue weighted by Crippen LogP contribution is -2.53. The molecule has 0 unspecified atom stereocenters. The Labute approximate surface area is 108 Å². The van der Waals surface area contributed by atoms with E-state index in [1.54, 1.807) is 0 Å². The van der Waals surface area contributed by atoms with Gasteiger partial charge in [0.05, 0.1) is 17.6 Å². The van der Waals surface area contributed by atoms with E-state index in [1.807, 2.05) is 6.92 Å². The van der Waals surface area contributed by atoms with Crippen LogP contribution in [0.1, 0.15) is 46.5 Å². The van der Waals surface area contributed by atoms with Crippen molar-refractivity contribution in [3.8, 4) is 0 Å². The summed E-state index contributed by atoms with van der Waals surface area (Å²) >= 11 is 0. The van der Waals surface area contributed by atoms with Gasteiger partial charge in [-0.05, 0) is 32.6 Å². The molecule has 4 rings (SSSR count). The monoisotopic (exact) mass is 250 g/mol. The number of rotatable bonds is 0. The zero-order valence-corrected chi connectivity index (χ0v) is 11.4. The van der Waals surface area contributed by atoms with Crippen molar-refractivity contribution in [3.05, 3.63) is 0 Å². The number of fused-ring (bicyclic) bond motifs is 7. The van der Waals surface area contributed by atoms with E-state index in [2.05, 4.69) is 13.8 Å². The number of carbonyl (C=O) groups excluding carboxylic acids is 1. The zero-order chi connectivity index (χ0) is 12.7. The van der Waals surface area contributed by atoms with E-state index in [0.717, 1.165) is 12.8 Å². The molecule has 4 fully saturated rings. The Morgan fingerprint density at radius 3 is 2.78 bits per heavy atom. The summed E-state index contributed by atoms with van der Waals surface area (Å²) in [5.74, 6) is 0.939. The van der Waals surface area contributed by atoms with Crippen molar-refractivity contribution in [2.24, 2.45) is 23.2 Å². The minimum absolute atomic E-state index is 0.0145. The van der Waals surface area contributed by atoms with Crippen molar-refractivity contribution in [1.82, 2.24) is 0 Å². The van der Waals surface area contributed by atoms with Gasteiger partial charge in [-0.15, -0.1) is 0 Å². The Hall–Kier alpha value is -0.570. The Morgan fingerprint density at radius 1 is 1.22 bits per heavy atom. The van der Waals surface area contributed by atoms with Crippen molar-refractivity contribution in [3.63, 3.8) is 0 Å². The second-order valence-electron chi connectivity index (χ2n) is 7.33. The summed E-state index contributed by atoms with van der Waals surface area (Å²) in [7, 11) is 0. The molecule has 100 valence electrons. The van der Waals surface area contributed by atoms with Gasteiger partial charge < -0.3 is 9.47 Å². The highest BCUT2D eigenvalue weighted by Crippen LogP contribution is 2.66. The Kier molecular flexibility index (Phi) is 1.95. The van der Waals surface area contributed by atoms with Crippen LogP contribution in [0.3, 0.4) is 0 Å². The summed E-state index contributed by atoms with van der Waals surface area (Å²) in [5.41, 5.74) is 0.186. The third-order valence-corrected chi connectivity index (χ3v) is 6.45. The smallest absolute Gasteiger partial charge is 0.309 e. The molecule has 18 heavy (non-hydrogen) atoms. The first-order chi connectivity index (χ1) is 8.46. The molecular weight excluding hydrogens is 228 g/mol. The van der Waals surface area contributed by atoms with Crippen molar-refractivity contribution in [2.45, 2.75) is 64.3 Å². The lowest BCUT2D eigenvalue weighted by atomic mass is 9.53. The molecule has 0 amide bonds. The first kappa shape index (κ1) is 11.3. The number of hydrogen-bond donors (Lipinski definition) is 0. The van der Waals surface area contributed by atoms with E-state index in [0.29, 0.717) is 17.9 Å². The molecule has 0 radical (unpaired) electrons. The van der Waals surface area contributed by atoms with Gasteiger partial charge in [0.25, 0.3) is 0 Å². The molecule has 7 atom stereocenters. The maximum absolute atomic E-state index is 11.9. The molecule has 1 saturated carbocycles. The van der Waals surface area contributed by atoms with Crippen LogP contribution in [0.2, 0.25) is 0 Å². The largest absolute Gasteiger partial charge is 0.461 e. The maximum atomic E-state index is 11.9. The SMILES string of the molecule is C[C@H]1C(=O)O[C@H]2[C@H]1CC[C@@]1(C)[C@@H]3CC[C@@](C)(O3)[C@H]21. The van der Waals surface area contributed by atoms with Crippen LogP contribution in [0.25, 0.3) is 0 Å². The summed E-state index contributed by atoms with van der Waals surface area (Å²) in [6.45, 7) is 6.63. The molecule has 0 aromatic carbocycles. The molecular formula is C15H22O3. The number of esters is 1. The highest BCUT2D eigenvalue weighted by atomic mass is 16.6. The molecule has 0 aromatic rings. The van der Waals surface area contributed by atoms with Gasteiger partial charge in [0, 0.05) is 17.3 Å². The molecule has 1 aliphatic carbocycles. The molecule has 3 aliphatic heterocycles. The number of hydrogen-bond acceptors (Lipinski definition) is 3. The fourth-order valence-corrected chi connectivity index (χ4v) is 5.49. The third kappa shape index (κ3) is 1.08. The van der Waals surface area contributed by atoms with E-state index in [4.69, 9.17) is 9.47 Å². The zero-order valence-electron chi connectivity index (χ0n) is 11.4. The first-order valence-corrected chi connectivity index (χ1v) is 7.34. The maximum Gasteiger partial charge on any atom is 0.309 e. The van der Waals surface area contributed by atoms with E-state index < -0.39 is 0 Å². The van der Waals surface area contributed by atoms with Crippen LogP contribution in [0.15, 0.2) is 0 Å². The van der Waals surface area contributed by atoms with E-state index in [1.165, 1.54) is 12.8 Å². The molecule has 0 N–H and O–H groups in total. The highest BCUT2D eigenvalue weighted by Gasteiger charge is 2.70. The predicted molar refractivity (Wildman–Crippen MR) is 65.9 cm³/mol. The number of carbonyl (C=O) groups is 1. The molecule has 3 saturated heterocycles. The van der Waals surface area contributed by atoms with Crippen molar-refractivity contribution >= 4 is 5.97 Å². The van der Waals surface area contributed by atoms with Crippen LogP contribution in [-0.2, 0) is 14.3 Å². The van der Waals surface area contributed by atoms with E-state index in [9.17, 15) is 4.79 Å². The summed E-state index contributed by atoms with van der Waals surface area (Å²) in [5, 5.41) is 0. The summed E-state index contributed by atoms with van der Waals surface area (Å²) in [6.07, 6.45) is 5.14. The van der Waals surface area contributed by atoms with Crippen LogP contribution < -0.4 is 0 Å². The standard InChI is InChI=1S/C15H22O3/c1-8-9-4-6-14(2)10-5-7-15(3,18-10)12(14)11(9)17-13(8)16/h8-12H,4-7H2,1-3H3/t8-,9+,10+,11+,12-,14+,15-/m1/s1. The first-order valence-electron chi connectivity index (χ1n) is 7.34. The minimum Gasteiger partial charge on any atom is -0.461 e. The van der Waals surface area contributed by atoms with Gasteiger partial charge >= 0.3 is 5.97 Å². The van der Waals surface area contributed by atoms with Gasteiger partial charge in [-0.25, -0.2) is 0 Å². The van der Waals surface area contributed by atoms with Crippen LogP contribution in [0.5, 0.6) is 0 Å². The van der Waals surface area contributed by atoms with Gasteiger partial charge in [-0.3, -0.25) is 4.79 Å². The van der Waals surface area contributed by atoms with Gasteiger partial charge in [0.1, 0.15) is 6.10 Å². The summed E-state index contributed by atoms with van der Waals surface area (Å²) in [4.78, 5) is 11.9. The van der Waals surface area contributed by atoms with Crippen LogP contribution in [-0.4, -0.2) is 23.8 Å². The second kappa shape index (κ2) is 3.12. The fourth-order valence-electron chi connectivity index (χ4n) is 5.49. The van der Waals surface area contributed by atoms with E-state index >= 15 is 0 Å². The topological polar surface area (TPSA) is 35.5 Å². The van der Waals surface area contributed by atoms with Gasteiger partial charge in [-0.2, -0.15) is 0 Å². The molecule has 3 nitrogen and oxygen atoms in total. The molecule has 2 bridgehead atoms. The molecule has 3 heteroatoms. The third-order valence-electron chi connectivity index (χ3n) is 6.45. The Bertz CT molecular complexity index is 420. The van der Waals surface area contributed by atoms with Crippen LogP contribution in [0, 0.1) is 23.2 Å². The summed E-state index contributed by atoms with van der Waals surface area (Å²) in [6, 6.07) is 0. The molecule has 3 heterocycles. The summed E-state index contributed by atoms with van der Waals surface area (Å²) < 4.78 is 12.1. The predicted octanol–water partition coefficient (Wildman–Crippen LogP) is 2.53. The second-order valence-corrected chi connectivity index (χ2v) is 7.33. The molecule has 4 aliphatic rings. The lowest BCUT2D eigenvalue weighted by molar-refractivity contribution is -0.151. The van der Waals surface area contributed by atoms with Crippen molar-refractivity contribution in [1.29, 1.82) is 0 Å². The number of ether oxygens (including phenoxy) is 2. The van der Waals surface area contributed by atoms with E-state index in [-0.39, 0.29) is 29.0 Å². The Morgan fingerprint density at radius 2 is 2.00 bits per heavy atom. The lowest BCUT2D eigenvalue weighted by Gasteiger charge is -2.49. The highest BCUT2D eigenvalue weighted by molar-refractivity contribution is 5.75. The molecule has 0 spiro atoms. The Balaban J connectivity index is 1.77.